The Morgan fingerprint density at radius 2 is 1.79 bits per heavy atom. The van der Waals surface area contributed by atoms with Crippen LogP contribution >= 0.6 is 34.8 Å². The van der Waals surface area contributed by atoms with Crippen LogP contribution < -0.4 is 0 Å². The molecule has 0 spiro atoms. The van der Waals surface area contributed by atoms with Crippen LogP contribution in [0.5, 0.6) is 0 Å². The highest BCUT2D eigenvalue weighted by atomic mass is 35.5. The number of benzene rings is 1. The van der Waals surface area contributed by atoms with Crippen molar-refractivity contribution in [3.63, 3.8) is 0 Å². The van der Waals surface area contributed by atoms with E-state index in [-0.39, 0.29) is 16.6 Å². The van der Waals surface area contributed by atoms with Crippen molar-refractivity contribution >= 4 is 46.4 Å². The van der Waals surface area contributed by atoms with Gasteiger partial charge in [0.05, 0.1) is 11.9 Å². The fourth-order valence-corrected chi connectivity index (χ4v) is 3.38. The van der Waals surface area contributed by atoms with Crippen molar-refractivity contribution in [2.75, 3.05) is 0 Å². The number of hydrogen-bond acceptors (Lipinski definition) is 3. The first-order chi connectivity index (χ1) is 11.3. The monoisotopic (exact) mass is 383 g/mol. The van der Waals surface area contributed by atoms with E-state index in [0.29, 0.717) is 32.5 Å². The number of nitrogens with zero attached hydrogens (tertiary/aromatic N) is 3. The number of carboxylic acid groups (broad SMARTS) is 1. The van der Waals surface area contributed by atoms with E-state index in [1.165, 1.54) is 4.52 Å². The van der Waals surface area contributed by atoms with E-state index >= 15 is 0 Å². The number of aromatic nitrogens is 3. The molecule has 0 radical (unpaired) electrons. The summed E-state index contributed by atoms with van der Waals surface area (Å²) < 4.78 is 1.48. The SMILES string of the molecule is CC(C)c1c(C(=O)O)c(Cl)nn2cc(-c3cc(Cl)cc(Cl)c3)nc12. The molecule has 1 N–H and O–H groups in total. The zero-order chi connectivity index (χ0) is 17.6. The van der Waals surface area contributed by atoms with Gasteiger partial charge in [0.25, 0.3) is 0 Å². The molecule has 0 bridgehead atoms. The highest BCUT2D eigenvalue weighted by Gasteiger charge is 2.24. The van der Waals surface area contributed by atoms with Crippen molar-refractivity contribution < 1.29 is 9.90 Å². The second-order valence-electron chi connectivity index (χ2n) is 5.59. The van der Waals surface area contributed by atoms with Gasteiger partial charge in [0.1, 0.15) is 5.56 Å². The Kier molecular flexibility index (Phi) is 4.42. The summed E-state index contributed by atoms with van der Waals surface area (Å²) in [6.07, 6.45) is 1.67. The summed E-state index contributed by atoms with van der Waals surface area (Å²) in [5.41, 5.74) is 2.23. The van der Waals surface area contributed by atoms with Gasteiger partial charge in [-0.25, -0.2) is 14.3 Å². The molecule has 0 aliphatic heterocycles. The summed E-state index contributed by atoms with van der Waals surface area (Å²) in [5, 5.41) is 14.4. The molecule has 124 valence electrons. The number of aromatic carboxylic acids is 1. The molecule has 0 amide bonds. The van der Waals surface area contributed by atoms with Crippen LogP contribution in [-0.2, 0) is 0 Å². The molecule has 0 atom stereocenters. The Bertz CT molecular complexity index is 947. The lowest BCUT2D eigenvalue weighted by atomic mass is 10.00. The first-order valence-electron chi connectivity index (χ1n) is 7.06. The lowest BCUT2D eigenvalue weighted by Gasteiger charge is -2.11. The van der Waals surface area contributed by atoms with E-state index in [9.17, 15) is 9.90 Å². The summed E-state index contributed by atoms with van der Waals surface area (Å²) in [6, 6.07) is 5.08. The fourth-order valence-electron chi connectivity index (χ4n) is 2.59. The van der Waals surface area contributed by atoms with Crippen molar-refractivity contribution in [1.29, 1.82) is 0 Å². The average Bonchev–Trinajstić information content (AvgIpc) is 2.87. The van der Waals surface area contributed by atoms with Crippen LogP contribution in [0.25, 0.3) is 16.9 Å². The van der Waals surface area contributed by atoms with Crippen LogP contribution in [0.15, 0.2) is 24.4 Å². The Labute approximate surface area is 152 Å². The normalized spacial score (nSPS) is 11.4. The van der Waals surface area contributed by atoms with Crippen molar-refractivity contribution in [2.24, 2.45) is 0 Å². The molecule has 24 heavy (non-hydrogen) atoms. The standard InChI is InChI=1S/C16H12Cl3N3O2/c1-7(2)12-13(16(23)24)14(19)21-22-6-11(20-15(12)22)8-3-9(17)5-10(18)4-8/h3-7H,1-2H3,(H,23,24). The van der Waals surface area contributed by atoms with Gasteiger partial charge >= 0.3 is 5.97 Å². The summed E-state index contributed by atoms with van der Waals surface area (Å²) in [4.78, 5) is 16.1. The number of imidazole rings is 1. The topological polar surface area (TPSA) is 67.5 Å². The van der Waals surface area contributed by atoms with Crippen LogP contribution in [-0.4, -0.2) is 25.7 Å². The summed E-state index contributed by atoms with van der Waals surface area (Å²) >= 11 is 18.1. The highest BCUT2D eigenvalue weighted by Crippen LogP contribution is 2.32. The number of fused-ring (bicyclic) bond motifs is 1. The predicted molar refractivity (Wildman–Crippen MR) is 94.5 cm³/mol. The number of carbonyl (C=O) groups is 1. The maximum atomic E-state index is 11.6. The van der Waals surface area contributed by atoms with Gasteiger partial charge in [0, 0.05) is 21.2 Å². The Morgan fingerprint density at radius 3 is 2.33 bits per heavy atom. The third kappa shape index (κ3) is 2.95. The van der Waals surface area contributed by atoms with Gasteiger partial charge in [0.2, 0.25) is 0 Å². The third-order valence-electron chi connectivity index (χ3n) is 3.55. The average molecular weight is 385 g/mol. The molecule has 0 fully saturated rings. The molecule has 0 saturated heterocycles. The Morgan fingerprint density at radius 1 is 1.17 bits per heavy atom. The first-order valence-corrected chi connectivity index (χ1v) is 8.20. The van der Waals surface area contributed by atoms with E-state index in [1.54, 1.807) is 24.4 Å². The summed E-state index contributed by atoms with van der Waals surface area (Å²) in [5.74, 6) is -1.23. The molecule has 1 aromatic carbocycles. The number of rotatable bonds is 3. The Hall–Kier alpha value is -1.82. The zero-order valence-corrected chi connectivity index (χ0v) is 15.0. The first kappa shape index (κ1) is 17.0. The van der Waals surface area contributed by atoms with Crippen molar-refractivity contribution in [3.05, 3.63) is 50.7 Å². The van der Waals surface area contributed by atoms with Crippen LogP contribution in [0.4, 0.5) is 0 Å². The number of hydrogen-bond donors (Lipinski definition) is 1. The highest BCUT2D eigenvalue weighted by molar-refractivity contribution is 6.35. The van der Waals surface area contributed by atoms with Crippen molar-refractivity contribution in [3.8, 4) is 11.3 Å². The van der Waals surface area contributed by atoms with Gasteiger partial charge in [-0.1, -0.05) is 48.7 Å². The van der Waals surface area contributed by atoms with Crippen molar-refractivity contribution in [1.82, 2.24) is 14.6 Å². The molecule has 3 aromatic rings. The van der Waals surface area contributed by atoms with Crippen LogP contribution in [0.3, 0.4) is 0 Å². The molecule has 2 aromatic heterocycles. The van der Waals surface area contributed by atoms with Gasteiger partial charge in [-0.15, -0.1) is 0 Å². The zero-order valence-electron chi connectivity index (χ0n) is 12.7. The largest absolute Gasteiger partial charge is 0.478 e. The van der Waals surface area contributed by atoms with Crippen LogP contribution in [0.2, 0.25) is 15.2 Å². The van der Waals surface area contributed by atoms with E-state index in [4.69, 9.17) is 34.8 Å². The number of carboxylic acids is 1. The van der Waals surface area contributed by atoms with E-state index < -0.39 is 5.97 Å². The molecule has 3 rings (SSSR count). The predicted octanol–water partition coefficient (Wildman–Crippen LogP) is 5.18. The molecule has 0 saturated carbocycles. The number of halogens is 3. The summed E-state index contributed by atoms with van der Waals surface area (Å²) in [6.45, 7) is 3.76. The molecule has 8 heteroatoms. The minimum atomic E-state index is -1.13. The maximum Gasteiger partial charge on any atom is 0.339 e. The molecule has 2 heterocycles. The maximum absolute atomic E-state index is 11.6. The van der Waals surface area contributed by atoms with E-state index in [1.807, 2.05) is 13.8 Å². The van der Waals surface area contributed by atoms with Gasteiger partial charge in [-0.05, 0) is 24.1 Å². The fraction of sp³-hybridized carbons (Fsp3) is 0.188. The Balaban J connectivity index is 2.32. The second-order valence-corrected chi connectivity index (χ2v) is 6.82. The van der Waals surface area contributed by atoms with Gasteiger partial charge in [-0.2, -0.15) is 5.10 Å². The second kappa shape index (κ2) is 6.24. The molecule has 5 nitrogen and oxygen atoms in total. The van der Waals surface area contributed by atoms with Crippen LogP contribution in [0.1, 0.15) is 35.7 Å². The lowest BCUT2D eigenvalue weighted by Crippen LogP contribution is -2.10. The molecule has 0 unspecified atom stereocenters. The third-order valence-corrected chi connectivity index (χ3v) is 4.25. The smallest absolute Gasteiger partial charge is 0.339 e. The minimum absolute atomic E-state index is 0.0274. The molecule has 0 aliphatic rings. The molecule has 0 aliphatic carbocycles. The van der Waals surface area contributed by atoms with Crippen LogP contribution in [0, 0.1) is 0 Å². The van der Waals surface area contributed by atoms with Gasteiger partial charge in [0.15, 0.2) is 10.8 Å². The quantitative estimate of drug-likeness (QED) is 0.675. The molecular weight excluding hydrogens is 373 g/mol. The van der Waals surface area contributed by atoms with Gasteiger partial charge < -0.3 is 5.11 Å². The lowest BCUT2D eigenvalue weighted by molar-refractivity contribution is 0.0695. The van der Waals surface area contributed by atoms with E-state index in [0.717, 1.165) is 0 Å². The minimum Gasteiger partial charge on any atom is -0.478 e. The van der Waals surface area contributed by atoms with Crippen molar-refractivity contribution in [2.45, 2.75) is 19.8 Å². The summed E-state index contributed by atoms with van der Waals surface area (Å²) in [7, 11) is 0. The van der Waals surface area contributed by atoms with Gasteiger partial charge in [-0.3, -0.25) is 0 Å². The molecular formula is C16H12Cl3N3O2. The van der Waals surface area contributed by atoms with E-state index in [2.05, 4.69) is 10.1 Å².